The summed E-state index contributed by atoms with van der Waals surface area (Å²) in [4.78, 5) is 37.9. The first-order valence-corrected chi connectivity index (χ1v) is 8.78. The Hall–Kier alpha value is -2.06. The Morgan fingerprint density at radius 2 is 1.96 bits per heavy atom. The zero-order chi connectivity index (χ0) is 18.4. The number of carbonyl (C=O) groups excluding carboxylic acids is 2. The fraction of sp³-hybridized carbons (Fsp3) is 0.471. The van der Waals surface area contributed by atoms with Gasteiger partial charge in [-0.25, -0.2) is 4.79 Å². The number of hydrogen-bond donors (Lipinski definition) is 2. The molecule has 0 aromatic heterocycles. The third kappa shape index (κ3) is 2.60. The van der Waals surface area contributed by atoms with E-state index in [1.165, 1.54) is 16.7 Å². The van der Waals surface area contributed by atoms with Crippen LogP contribution < -0.4 is 5.73 Å². The second-order valence-electron chi connectivity index (χ2n) is 6.74. The minimum Gasteiger partial charge on any atom is -0.479 e. The predicted octanol–water partition coefficient (Wildman–Crippen LogP) is 0.964. The lowest BCUT2D eigenvalue weighted by Gasteiger charge is -2.48. The number of thioether (sulfide) groups is 1. The van der Waals surface area contributed by atoms with Crippen molar-refractivity contribution in [3.05, 3.63) is 35.9 Å². The van der Waals surface area contributed by atoms with E-state index in [-0.39, 0.29) is 6.61 Å². The molecule has 8 heteroatoms. The fourth-order valence-corrected chi connectivity index (χ4v) is 5.15. The van der Waals surface area contributed by atoms with Crippen molar-refractivity contribution in [2.75, 3.05) is 0 Å². The molecule has 0 spiro atoms. The van der Waals surface area contributed by atoms with Gasteiger partial charge in [0.1, 0.15) is 18.0 Å². The summed E-state index contributed by atoms with van der Waals surface area (Å²) in [6, 6.07) is 8.38. The SMILES string of the molecule is CC1(C)S[C@@H]2[C@H](N)C(=O)N2[C@@]1(CC(=O)OCc1ccccc1)C(=O)O. The molecule has 2 heterocycles. The smallest absolute Gasteiger partial charge is 0.331 e. The van der Waals surface area contributed by atoms with Crippen molar-refractivity contribution >= 4 is 29.6 Å². The third-order valence-corrected chi connectivity index (χ3v) is 6.58. The van der Waals surface area contributed by atoms with Crippen molar-refractivity contribution in [3.8, 4) is 0 Å². The van der Waals surface area contributed by atoms with E-state index >= 15 is 0 Å². The summed E-state index contributed by atoms with van der Waals surface area (Å²) < 4.78 is 4.37. The molecule has 25 heavy (non-hydrogen) atoms. The minimum absolute atomic E-state index is 0.0554. The standard InChI is InChI=1S/C17H20N2O5S/c1-16(2)17(15(22)23,19-13(21)12(18)14(19)25-16)8-11(20)24-9-10-6-4-3-5-7-10/h3-7,12,14H,8-9,18H2,1-2H3,(H,22,23)/t12-,14-,17+/m1/s1. The molecule has 3 N–H and O–H groups in total. The normalized spacial score (nSPS) is 29.7. The third-order valence-electron chi connectivity index (χ3n) is 4.90. The van der Waals surface area contributed by atoms with Crippen LogP contribution in [0.5, 0.6) is 0 Å². The number of benzene rings is 1. The van der Waals surface area contributed by atoms with Crippen LogP contribution in [0.2, 0.25) is 0 Å². The van der Waals surface area contributed by atoms with E-state index in [4.69, 9.17) is 10.5 Å². The molecule has 7 nitrogen and oxygen atoms in total. The van der Waals surface area contributed by atoms with Gasteiger partial charge < -0.3 is 20.5 Å². The maximum atomic E-state index is 12.4. The lowest BCUT2D eigenvalue weighted by molar-refractivity contribution is -0.175. The Bertz CT molecular complexity index is 723. The van der Waals surface area contributed by atoms with Gasteiger partial charge in [0.25, 0.3) is 0 Å². The first kappa shape index (κ1) is 17.8. The molecular formula is C17H20N2O5S. The summed E-state index contributed by atoms with van der Waals surface area (Å²) in [5.74, 6) is -2.32. The summed E-state index contributed by atoms with van der Waals surface area (Å²) in [6.07, 6.45) is -0.413. The minimum atomic E-state index is -1.66. The van der Waals surface area contributed by atoms with Crippen molar-refractivity contribution in [2.24, 2.45) is 5.73 Å². The van der Waals surface area contributed by atoms with Crippen LogP contribution >= 0.6 is 11.8 Å². The summed E-state index contributed by atoms with van der Waals surface area (Å²) in [5, 5.41) is 9.47. The van der Waals surface area contributed by atoms with Crippen molar-refractivity contribution in [1.82, 2.24) is 4.90 Å². The molecule has 0 bridgehead atoms. The maximum absolute atomic E-state index is 12.4. The van der Waals surface area contributed by atoms with E-state index in [0.29, 0.717) is 0 Å². The van der Waals surface area contributed by atoms with Gasteiger partial charge in [-0.1, -0.05) is 30.3 Å². The van der Waals surface area contributed by atoms with Crippen LogP contribution in [0, 0.1) is 0 Å². The topological polar surface area (TPSA) is 110 Å². The van der Waals surface area contributed by atoms with Crippen molar-refractivity contribution in [2.45, 2.75) is 48.6 Å². The van der Waals surface area contributed by atoms with Gasteiger partial charge in [-0.3, -0.25) is 9.59 Å². The zero-order valence-electron chi connectivity index (χ0n) is 14.0. The molecule has 3 rings (SSSR count). The number of ether oxygens (including phenoxy) is 1. The molecule has 1 aromatic carbocycles. The number of rotatable bonds is 5. The molecular weight excluding hydrogens is 344 g/mol. The summed E-state index contributed by atoms with van der Waals surface area (Å²) >= 11 is 1.31. The number of amides is 1. The first-order chi connectivity index (χ1) is 11.7. The number of β-lactam (4-membered cyclic amide) rings is 1. The highest BCUT2D eigenvalue weighted by atomic mass is 32.2. The lowest BCUT2D eigenvalue weighted by Crippen LogP contribution is -2.74. The van der Waals surface area contributed by atoms with Crippen LogP contribution in [0.1, 0.15) is 25.8 Å². The van der Waals surface area contributed by atoms with Gasteiger partial charge in [0, 0.05) is 4.75 Å². The first-order valence-electron chi connectivity index (χ1n) is 7.90. The van der Waals surface area contributed by atoms with Gasteiger partial charge >= 0.3 is 11.9 Å². The van der Waals surface area contributed by atoms with Crippen LogP contribution in [0.3, 0.4) is 0 Å². The van der Waals surface area contributed by atoms with Crippen LogP contribution in [-0.2, 0) is 25.7 Å². The Morgan fingerprint density at radius 1 is 1.32 bits per heavy atom. The molecule has 2 aliphatic rings. The number of fused-ring (bicyclic) bond motifs is 1. The van der Waals surface area contributed by atoms with E-state index in [0.717, 1.165) is 5.56 Å². The molecule has 2 fully saturated rings. The van der Waals surface area contributed by atoms with Crippen molar-refractivity contribution < 1.29 is 24.2 Å². The van der Waals surface area contributed by atoms with Gasteiger partial charge in [0.05, 0.1) is 6.42 Å². The Labute approximate surface area is 149 Å². The van der Waals surface area contributed by atoms with Crippen LogP contribution in [0.4, 0.5) is 0 Å². The number of carbonyl (C=O) groups is 3. The number of aliphatic carboxylic acids is 1. The van der Waals surface area contributed by atoms with E-state index < -0.39 is 46.0 Å². The average molecular weight is 364 g/mol. The summed E-state index contributed by atoms with van der Waals surface area (Å²) in [6.45, 7) is 3.49. The highest BCUT2D eigenvalue weighted by molar-refractivity contribution is 8.01. The second-order valence-corrected chi connectivity index (χ2v) is 8.48. The monoisotopic (exact) mass is 364 g/mol. The molecule has 2 saturated heterocycles. The Balaban J connectivity index is 1.80. The predicted molar refractivity (Wildman–Crippen MR) is 91.5 cm³/mol. The molecule has 0 saturated carbocycles. The van der Waals surface area contributed by atoms with Gasteiger partial charge in [-0.15, -0.1) is 11.8 Å². The number of esters is 1. The Kier molecular flexibility index (Phi) is 4.28. The van der Waals surface area contributed by atoms with Gasteiger partial charge in [0.15, 0.2) is 5.54 Å². The molecule has 134 valence electrons. The van der Waals surface area contributed by atoms with Crippen LogP contribution in [0.25, 0.3) is 0 Å². The highest BCUT2D eigenvalue weighted by Crippen LogP contribution is 2.57. The van der Waals surface area contributed by atoms with E-state index in [2.05, 4.69) is 0 Å². The van der Waals surface area contributed by atoms with Crippen LogP contribution in [0.15, 0.2) is 30.3 Å². The lowest BCUT2D eigenvalue weighted by atomic mass is 9.78. The summed E-state index contributed by atoms with van der Waals surface area (Å²) in [7, 11) is 0. The fourth-order valence-electron chi connectivity index (χ4n) is 3.44. The summed E-state index contributed by atoms with van der Waals surface area (Å²) in [5.41, 5.74) is 4.94. The molecule has 0 radical (unpaired) electrons. The number of carboxylic acids is 1. The van der Waals surface area contributed by atoms with Crippen molar-refractivity contribution in [3.63, 3.8) is 0 Å². The van der Waals surface area contributed by atoms with E-state index in [1.54, 1.807) is 13.8 Å². The van der Waals surface area contributed by atoms with Gasteiger partial charge in [-0.05, 0) is 19.4 Å². The number of nitrogens with two attached hydrogens (primary N) is 1. The molecule has 0 unspecified atom stereocenters. The van der Waals surface area contributed by atoms with Crippen LogP contribution in [-0.4, -0.2) is 49.6 Å². The van der Waals surface area contributed by atoms with Gasteiger partial charge in [-0.2, -0.15) is 0 Å². The second kappa shape index (κ2) is 6.03. The quantitative estimate of drug-likeness (QED) is 0.591. The molecule has 0 aliphatic carbocycles. The Morgan fingerprint density at radius 3 is 2.56 bits per heavy atom. The number of carboxylic acid groups (broad SMARTS) is 1. The largest absolute Gasteiger partial charge is 0.479 e. The number of hydrogen-bond acceptors (Lipinski definition) is 6. The molecule has 2 aliphatic heterocycles. The highest BCUT2D eigenvalue weighted by Gasteiger charge is 2.72. The van der Waals surface area contributed by atoms with E-state index in [1.807, 2.05) is 30.3 Å². The number of nitrogens with zero attached hydrogens (tertiary/aromatic N) is 1. The molecule has 1 aromatic rings. The zero-order valence-corrected chi connectivity index (χ0v) is 14.8. The average Bonchev–Trinajstić information content (AvgIpc) is 2.79. The maximum Gasteiger partial charge on any atom is 0.331 e. The molecule has 1 amide bonds. The van der Waals surface area contributed by atoms with E-state index in [9.17, 15) is 19.5 Å². The van der Waals surface area contributed by atoms with Crippen molar-refractivity contribution in [1.29, 1.82) is 0 Å². The van der Waals surface area contributed by atoms with Gasteiger partial charge in [0.2, 0.25) is 5.91 Å². The molecule has 3 atom stereocenters.